The number of carboxylic acids is 1. The molecule has 0 saturated carbocycles. The first-order chi connectivity index (χ1) is 33.7. The van der Waals surface area contributed by atoms with Crippen LogP contribution in [0, 0.1) is 0 Å². The smallest absolute Gasteiger partial charge is 0.338 e. The second kappa shape index (κ2) is 41.5. The zero-order valence-electron chi connectivity index (χ0n) is 40.7. The van der Waals surface area contributed by atoms with Gasteiger partial charge in [-0.2, -0.15) is 0 Å². The fourth-order valence-corrected chi connectivity index (χ4v) is 4.65. The number of ether oxygens (including phenoxy) is 8. The van der Waals surface area contributed by atoms with Gasteiger partial charge in [-0.3, -0.25) is 0 Å². The fourth-order valence-electron chi connectivity index (χ4n) is 4.65. The molecule has 0 aliphatic heterocycles. The Kier molecular flexibility index (Phi) is 38.3. The summed E-state index contributed by atoms with van der Waals surface area (Å²) in [5.74, 6) is -1.63. The molecule has 0 bridgehead atoms. The number of aromatic carboxylic acids is 1. The maximum Gasteiger partial charge on any atom is 0.338 e. The normalized spacial score (nSPS) is 9.44. The summed E-state index contributed by atoms with van der Waals surface area (Å²) in [4.78, 5) is 34.2. The largest absolute Gasteiger partial charge is 0.504 e. The molecule has 0 aliphatic rings. The van der Waals surface area contributed by atoms with Gasteiger partial charge < -0.3 is 68.5 Å². The van der Waals surface area contributed by atoms with E-state index in [1.807, 2.05) is 0 Å². The van der Waals surface area contributed by atoms with Gasteiger partial charge >= 0.3 is 17.9 Å². The predicted octanol–water partition coefficient (Wildman–Crippen LogP) is 9.73. The number of hydrogen-bond donors (Lipinski definition) is 6. The molecule has 0 aliphatic carbocycles. The molecule has 0 saturated heterocycles. The van der Waals surface area contributed by atoms with Crippen molar-refractivity contribution in [3.8, 4) is 51.7 Å². The highest BCUT2D eigenvalue weighted by molar-refractivity contribution is 5.92. The summed E-state index contributed by atoms with van der Waals surface area (Å²) in [5.41, 5.74) is 0.379. The molecule has 386 valence electrons. The summed E-state index contributed by atoms with van der Waals surface area (Å²) in [6, 6.07) is 8.07. The molecule has 3 rings (SSSR count). The van der Waals surface area contributed by atoms with Gasteiger partial charge in [-0.15, -0.1) is 46.1 Å². The van der Waals surface area contributed by atoms with Gasteiger partial charge in [-0.1, -0.05) is 42.5 Å². The van der Waals surface area contributed by atoms with Gasteiger partial charge in [0.25, 0.3) is 0 Å². The standard InChI is InChI=1S/C20H26O5.C19H24O5.C8H8O5.C4H8O.C2H6O/c1-5-8-11-23-17-14-16(20(21)22-4)15-18(24-12-9-6-2)19(17)25-13-10-7-3;1-4-7-10-22-16-13-15(19(20)21)14-17(23-11-8-5-2)18(16)24-12-9-6-3;1-13-8(12)4-2-5(9)7(11)6(10)3-4;1-2-3-4-5;1-2-3/h5-7,14-15H,1-3,8-13H2,4H3;4-6,13-14H,1-3,7-12H2,(H,20,21);2-3,9-11H,1H3;2,5H,1,3-4H2;3H,2H2,1H3. The Bertz CT molecular complexity index is 1960. The third-order valence-electron chi connectivity index (χ3n) is 7.99. The second-order valence-electron chi connectivity index (χ2n) is 13.4. The number of benzene rings is 3. The van der Waals surface area contributed by atoms with Gasteiger partial charge in [0.05, 0.1) is 70.6 Å². The fraction of sp³-hybridized carbons (Fsp3) is 0.340. The van der Waals surface area contributed by atoms with Crippen LogP contribution in [0.3, 0.4) is 0 Å². The number of phenols is 3. The van der Waals surface area contributed by atoms with Crippen LogP contribution in [0.25, 0.3) is 0 Å². The first-order valence-corrected chi connectivity index (χ1v) is 22.0. The van der Waals surface area contributed by atoms with Crippen molar-refractivity contribution in [2.75, 3.05) is 67.1 Å². The van der Waals surface area contributed by atoms with E-state index in [0.717, 1.165) is 12.1 Å². The van der Waals surface area contributed by atoms with Crippen LogP contribution in [0.5, 0.6) is 51.7 Å². The van der Waals surface area contributed by atoms with E-state index in [0.29, 0.717) is 125 Å². The van der Waals surface area contributed by atoms with Crippen LogP contribution < -0.4 is 28.4 Å². The van der Waals surface area contributed by atoms with Crippen molar-refractivity contribution in [3.05, 3.63) is 142 Å². The highest BCUT2D eigenvalue weighted by atomic mass is 16.6. The van der Waals surface area contributed by atoms with E-state index in [2.05, 4.69) is 50.8 Å². The van der Waals surface area contributed by atoms with E-state index in [4.69, 9.17) is 58.7 Å². The average Bonchev–Trinajstić information content (AvgIpc) is 3.35. The quantitative estimate of drug-likeness (QED) is 0.0164. The van der Waals surface area contributed by atoms with Crippen molar-refractivity contribution in [1.29, 1.82) is 0 Å². The van der Waals surface area contributed by atoms with E-state index < -0.39 is 35.2 Å². The van der Waals surface area contributed by atoms with E-state index >= 15 is 0 Å². The minimum absolute atomic E-state index is 0.0321. The third-order valence-corrected chi connectivity index (χ3v) is 7.99. The summed E-state index contributed by atoms with van der Waals surface area (Å²) >= 11 is 0. The highest BCUT2D eigenvalue weighted by Crippen LogP contribution is 2.41. The molecule has 0 heterocycles. The first-order valence-electron chi connectivity index (χ1n) is 22.0. The summed E-state index contributed by atoms with van der Waals surface area (Å²) in [6.45, 7) is 29.9. The van der Waals surface area contributed by atoms with Crippen molar-refractivity contribution in [3.63, 3.8) is 0 Å². The summed E-state index contributed by atoms with van der Waals surface area (Å²) in [7, 11) is 2.50. The number of phenolic OH excluding ortho intramolecular Hbond substituents is 3. The molecule has 3 aromatic carbocycles. The minimum Gasteiger partial charge on any atom is -0.504 e. The Labute approximate surface area is 412 Å². The van der Waals surface area contributed by atoms with E-state index in [9.17, 15) is 19.5 Å². The Morgan fingerprint density at radius 1 is 0.457 bits per heavy atom. The van der Waals surface area contributed by atoms with Gasteiger partial charge in [0.15, 0.2) is 40.2 Å². The summed E-state index contributed by atoms with van der Waals surface area (Å²) in [5, 5.41) is 51.8. The first kappa shape index (κ1) is 64.5. The molecule has 0 radical (unpaired) electrons. The molecule has 6 N–H and O–H groups in total. The molecule has 0 unspecified atom stereocenters. The Balaban J connectivity index is 0. The van der Waals surface area contributed by atoms with Crippen LogP contribution in [0.2, 0.25) is 0 Å². The SMILES string of the molecule is C=CCCO.C=CCCOc1cc(C(=O)O)cc(OCCC=C)c1OCCC=C.C=CCCOc1cc(C(=O)OC)cc(OCCC=C)c1OCCC=C.CCO.COC(=O)c1cc(O)c(O)c(O)c1. The van der Waals surface area contributed by atoms with Crippen molar-refractivity contribution < 1.29 is 82.9 Å². The Morgan fingerprint density at radius 3 is 0.943 bits per heavy atom. The molecular formula is C53H72O17. The maximum atomic E-state index is 11.9. The summed E-state index contributed by atoms with van der Waals surface area (Å²) < 4.78 is 43.5. The molecule has 0 aromatic heterocycles. The number of hydrogen-bond acceptors (Lipinski definition) is 16. The Hall–Kier alpha value is -7.63. The average molecular weight is 981 g/mol. The predicted molar refractivity (Wildman–Crippen MR) is 270 cm³/mol. The molecule has 0 amide bonds. The zero-order valence-corrected chi connectivity index (χ0v) is 40.7. The van der Waals surface area contributed by atoms with Crippen molar-refractivity contribution in [2.24, 2.45) is 0 Å². The van der Waals surface area contributed by atoms with Crippen LogP contribution in [0.4, 0.5) is 0 Å². The number of esters is 2. The number of carbonyl (C=O) groups excluding carboxylic acids is 2. The zero-order chi connectivity index (χ0) is 53.1. The van der Waals surface area contributed by atoms with E-state index in [1.54, 1.807) is 61.6 Å². The number of aromatic hydroxyl groups is 3. The van der Waals surface area contributed by atoms with Gasteiger partial charge in [-0.05, 0) is 88.3 Å². The second-order valence-corrected chi connectivity index (χ2v) is 13.4. The van der Waals surface area contributed by atoms with Crippen LogP contribution in [0.15, 0.2) is 125 Å². The Morgan fingerprint density at radius 2 is 0.714 bits per heavy atom. The molecule has 3 aromatic rings. The number of methoxy groups -OCH3 is 2. The lowest BCUT2D eigenvalue weighted by Gasteiger charge is -2.17. The maximum absolute atomic E-state index is 11.9. The number of aliphatic hydroxyl groups is 2. The molecule has 17 heteroatoms. The minimum atomic E-state index is -1.06. The van der Waals surface area contributed by atoms with Crippen LogP contribution in [-0.2, 0) is 9.47 Å². The van der Waals surface area contributed by atoms with Gasteiger partial charge in [0.1, 0.15) is 0 Å². The molecule has 70 heavy (non-hydrogen) atoms. The van der Waals surface area contributed by atoms with Crippen molar-refractivity contribution >= 4 is 17.9 Å². The lowest BCUT2D eigenvalue weighted by Crippen LogP contribution is -2.08. The topological polar surface area (TPSA) is 246 Å². The highest BCUT2D eigenvalue weighted by Gasteiger charge is 2.20. The molecule has 17 nitrogen and oxygen atoms in total. The molecule has 0 spiro atoms. The van der Waals surface area contributed by atoms with Crippen molar-refractivity contribution in [1.82, 2.24) is 0 Å². The van der Waals surface area contributed by atoms with Crippen molar-refractivity contribution in [2.45, 2.75) is 51.9 Å². The summed E-state index contributed by atoms with van der Waals surface area (Å²) in [6.07, 6.45) is 16.8. The van der Waals surface area contributed by atoms with E-state index in [1.165, 1.54) is 26.4 Å². The van der Waals surface area contributed by atoms with Crippen LogP contribution in [0.1, 0.15) is 82.9 Å². The third kappa shape index (κ3) is 27.2. The van der Waals surface area contributed by atoms with Crippen LogP contribution >= 0.6 is 0 Å². The monoisotopic (exact) mass is 980 g/mol. The number of rotatable bonds is 29. The van der Waals surface area contributed by atoms with Gasteiger partial charge in [0.2, 0.25) is 11.5 Å². The van der Waals surface area contributed by atoms with Gasteiger partial charge in [0, 0.05) is 13.2 Å². The molecule has 0 fully saturated rings. The molecular weight excluding hydrogens is 909 g/mol. The molecule has 0 atom stereocenters. The van der Waals surface area contributed by atoms with Gasteiger partial charge in [-0.25, -0.2) is 14.4 Å². The number of carboxylic acid groups (broad SMARTS) is 1. The number of carbonyl (C=O) groups is 3. The number of aliphatic hydroxyl groups excluding tert-OH is 2. The van der Waals surface area contributed by atoms with Crippen LogP contribution in [-0.4, -0.2) is 116 Å². The lowest BCUT2D eigenvalue weighted by molar-refractivity contribution is 0.0591. The van der Waals surface area contributed by atoms with E-state index in [-0.39, 0.29) is 24.3 Å². The lowest BCUT2D eigenvalue weighted by atomic mass is 10.2.